The van der Waals surface area contributed by atoms with Crippen LogP contribution in [0.2, 0.25) is 0 Å². The first-order valence-corrected chi connectivity index (χ1v) is 11.7. The summed E-state index contributed by atoms with van der Waals surface area (Å²) in [7, 11) is -3.80. The molecule has 2 aromatic rings. The Kier molecular flexibility index (Phi) is 5.15. The van der Waals surface area contributed by atoms with Gasteiger partial charge in [0, 0.05) is 11.6 Å². The van der Waals surface area contributed by atoms with Crippen molar-refractivity contribution in [2.75, 3.05) is 4.72 Å². The van der Waals surface area contributed by atoms with Crippen LogP contribution in [0.4, 0.5) is 5.69 Å². The highest BCUT2D eigenvalue weighted by Crippen LogP contribution is 2.44. The molecule has 2 aliphatic carbocycles. The van der Waals surface area contributed by atoms with Crippen LogP contribution in [-0.2, 0) is 10.0 Å². The minimum Gasteiger partial charge on any atom is -0.349 e. The first-order chi connectivity index (χ1) is 13.7. The van der Waals surface area contributed by atoms with Crippen molar-refractivity contribution in [2.24, 2.45) is 11.8 Å². The molecule has 0 spiro atoms. The van der Waals surface area contributed by atoms with Gasteiger partial charge in [0.15, 0.2) is 0 Å². The molecule has 5 nitrogen and oxygen atoms in total. The molecule has 0 aromatic heterocycles. The summed E-state index contributed by atoms with van der Waals surface area (Å²) in [5.74, 6) is 1.12. The minimum atomic E-state index is -3.80. The number of sulfonamides is 1. The number of hydrogen-bond donors (Lipinski definition) is 2. The van der Waals surface area contributed by atoms with Crippen LogP contribution in [0.3, 0.4) is 0 Å². The molecule has 2 aromatic carbocycles. The number of carbonyl (C=O) groups is 1. The number of nitrogens with one attached hydrogen (secondary N) is 2. The molecule has 2 N–H and O–H groups in total. The van der Waals surface area contributed by atoms with Crippen LogP contribution in [-0.4, -0.2) is 20.4 Å². The third kappa shape index (κ3) is 3.90. The van der Waals surface area contributed by atoms with Gasteiger partial charge in [0.1, 0.15) is 0 Å². The maximum Gasteiger partial charge on any atom is 0.262 e. The van der Waals surface area contributed by atoms with Gasteiger partial charge in [-0.3, -0.25) is 9.52 Å². The number of hydrogen-bond acceptors (Lipinski definition) is 3. The summed E-state index contributed by atoms with van der Waals surface area (Å²) in [6.07, 6.45) is 4.71. The van der Waals surface area contributed by atoms with E-state index in [9.17, 15) is 13.2 Å². The molecule has 1 amide bonds. The van der Waals surface area contributed by atoms with E-state index >= 15 is 0 Å². The van der Waals surface area contributed by atoms with Gasteiger partial charge in [0.2, 0.25) is 0 Å². The summed E-state index contributed by atoms with van der Waals surface area (Å²) in [6, 6.07) is 10.6. The predicted molar refractivity (Wildman–Crippen MR) is 115 cm³/mol. The molecule has 0 unspecified atom stereocenters. The van der Waals surface area contributed by atoms with Gasteiger partial charge < -0.3 is 5.32 Å². The quantitative estimate of drug-likeness (QED) is 0.767. The van der Waals surface area contributed by atoms with E-state index in [0.29, 0.717) is 22.7 Å². The number of amides is 1. The van der Waals surface area contributed by atoms with Crippen molar-refractivity contribution >= 4 is 21.6 Å². The first-order valence-electron chi connectivity index (χ1n) is 10.2. The molecule has 0 saturated heterocycles. The second-order valence-corrected chi connectivity index (χ2v) is 10.2. The van der Waals surface area contributed by atoms with Crippen LogP contribution in [0.25, 0.3) is 0 Å². The summed E-state index contributed by atoms with van der Waals surface area (Å²) in [5, 5.41) is 3.14. The van der Waals surface area contributed by atoms with Crippen LogP contribution < -0.4 is 10.0 Å². The molecule has 2 fully saturated rings. The van der Waals surface area contributed by atoms with Crippen molar-refractivity contribution in [1.29, 1.82) is 0 Å². The molecule has 154 valence electrons. The Morgan fingerprint density at radius 2 is 1.79 bits per heavy atom. The fraction of sp³-hybridized carbons (Fsp3) is 0.435. The van der Waals surface area contributed by atoms with Crippen molar-refractivity contribution in [2.45, 2.75) is 57.4 Å². The molecule has 0 heterocycles. The highest BCUT2D eigenvalue weighted by atomic mass is 32.2. The van der Waals surface area contributed by atoms with Gasteiger partial charge in [-0.15, -0.1) is 0 Å². The lowest BCUT2D eigenvalue weighted by atomic mass is 9.95. The van der Waals surface area contributed by atoms with Crippen LogP contribution in [0, 0.1) is 32.6 Å². The van der Waals surface area contributed by atoms with Gasteiger partial charge in [-0.2, -0.15) is 0 Å². The van der Waals surface area contributed by atoms with Gasteiger partial charge >= 0.3 is 0 Å². The average Bonchev–Trinajstić information content (AvgIpc) is 3.28. The zero-order valence-corrected chi connectivity index (χ0v) is 18.0. The van der Waals surface area contributed by atoms with Crippen molar-refractivity contribution < 1.29 is 13.2 Å². The second kappa shape index (κ2) is 7.48. The third-order valence-electron chi connectivity index (χ3n) is 6.64. The highest BCUT2D eigenvalue weighted by molar-refractivity contribution is 7.92. The van der Waals surface area contributed by atoms with Crippen molar-refractivity contribution in [3.8, 4) is 0 Å². The minimum absolute atomic E-state index is 0.138. The van der Waals surface area contributed by atoms with Gasteiger partial charge in [-0.25, -0.2) is 8.42 Å². The summed E-state index contributed by atoms with van der Waals surface area (Å²) in [5.41, 5.74) is 3.46. The van der Waals surface area contributed by atoms with E-state index < -0.39 is 10.0 Å². The van der Waals surface area contributed by atoms with Crippen molar-refractivity contribution in [3.63, 3.8) is 0 Å². The van der Waals surface area contributed by atoms with Crippen LogP contribution in [0.5, 0.6) is 0 Å². The van der Waals surface area contributed by atoms with Crippen LogP contribution in [0.1, 0.15) is 52.7 Å². The molecule has 4 rings (SSSR count). The summed E-state index contributed by atoms with van der Waals surface area (Å²) in [6.45, 7) is 5.58. The molecule has 6 heteroatoms. The lowest BCUT2D eigenvalue weighted by Gasteiger charge is -2.23. The maximum absolute atomic E-state index is 13.1. The molecule has 2 aliphatic rings. The Bertz CT molecular complexity index is 1060. The Morgan fingerprint density at radius 1 is 1.00 bits per heavy atom. The second-order valence-electron chi connectivity index (χ2n) is 8.59. The van der Waals surface area contributed by atoms with Crippen LogP contribution in [0.15, 0.2) is 41.3 Å². The third-order valence-corrected chi connectivity index (χ3v) is 8.15. The summed E-state index contributed by atoms with van der Waals surface area (Å²) in [4.78, 5) is 12.9. The van der Waals surface area contributed by atoms with Gasteiger partial charge in [-0.1, -0.05) is 24.6 Å². The Morgan fingerprint density at radius 3 is 2.48 bits per heavy atom. The molecule has 3 atom stereocenters. The number of carbonyl (C=O) groups excluding carboxylic acids is 1. The Labute approximate surface area is 173 Å². The van der Waals surface area contributed by atoms with Gasteiger partial charge in [0.25, 0.3) is 15.9 Å². The fourth-order valence-electron chi connectivity index (χ4n) is 4.77. The largest absolute Gasteiger partial charge is 0.349 e. The number of anilines is 1. The monoisotopic (exact) mass is 412 g/mol. The number of benzene rings is 2. The number of rotatable bonds is 5. The Hall–Kier alpha value is -2.34. The van der Waals surface area contributed by atoms with E-state index in [4.69, 9.17) is 0 Å². The smallest absolute Gasteiger partial charge is 0.262 e. The van der Waals surface area contributed by atoms with E-state index in [0.717, 1.165) is 23.5 Å². The fourth-order valence-corrected chi connectivity index (χ4v) is 6.16. The standard InChI is InChI=1S/C23H28N2O3S/c1-14-5-4-6-20(16(14)3)25-29(27,28)22-13-19(9-7-15(22)2)23(26)24-21-12-17-8-10-18(21)11-17/h4-7,9,13,17-18,21,25H,8,10-12H2,1-3H3,(H,24,26)/t17-,18+,21+/m0/s1. The molecule has 0 radical (unpaired) electrons. The van der Waals surface area contributed by atoms with E-state index in [1.165, 1.54) is 25.3 Å². The molecular formula is C23H28N2O3S. The van der Waals surface area contributed by atoms with Gasteiger partial charge in [-0.05, 0) is 86.8 Å². The zero-order chi connectivity index (χ0) is 20.8. The lowest BCUT2D eigenvalue weighted by molar-refractivity contribution is 0.0922. The average molecular weight is 413 g/mol. The molecule has 2 saturated carbocycles. The molecule has 0 aliphatic heterocycles. The highest BCUT2D eigenvalue weighted by Gasteiger charge is 2.40. The molecule has 29 heavy (non-hydrogen) atoms. The lowest BCUT2D eigenvalue weighted by Crippen LogP contribution is -2.38. The number of aryl methyl sites for hydroxylation is 2. The van der Waals surface area contributed by atoms with E-state index in [1.807, 2.05) is 26.0 Å². The molecular weight excluding hydrogens is 384 g/mol. The predicted octanol–water partition coefficient (Wildman–Crippen LogP) is 4.33. The molecule has 2 bridgehead atoms. The summed E-state index contributed by atoms with van der Waals surface area (Å²) >= 11 is 0. The van der Waals surface area contributed by atoms with Gasteiger partial charge in [0.05, 0.1) is 10.6 Å². The Balaban J connectivity index is 1.57. The van der Waals surface area contributed by atoms with E-state index in [1.54, 1.807) is 25.1 Å². The van der Waals surface area contributed by atoms with Crippen LogP contribution >= 0.6 is 0 Å². The maximum atomic E-state index is 13.1. The van der Waals surface area contributed by atoms with E-state index in [2.05, 4.69) is 10.0 Å². The first kappa shape index (κ1) is 20.0. The zero-order valence-electron chi connectivity index (χ0n) is 17.2. The number of fused-ring (bicyclic) bond motifs is 2. The SMILES string of the molecule is Cc1ccc(C(=O)N[C@@H]2C[C@H]3CC[C@@H]2C3)cc1S(=O)(=O)Nc1cccc(C)c1C. The topological polar surface area (TPSA) is 75.3 Å². The normalized spacial score (nSPS) is 23.2. The van der Waals surface area contributed by atoms with Crippen molar-refractivity contribution in [1.82, 2.24) is 5.32 Å². The van der Waals surface area contributed by atoms with Crippen molar-refractivity contribution in [3.05, 3.63) is 58.7 Å². The van der Waals surface area contributed by atoms with E-state index in [-0.39, 0.29) is 16.8 Å². The summed E-state index contributed by atoms with van der Waals surface area (Å²) < 4.78 is 28.8.